The number of hydrogen-bond acceptors (Lipinski definition) is 4. The van der Waals surface area contributed by atoms with Gasteiger partial charge in [-0.3, -0.25) is 0 Å². The van der Waals surface area contributed by atoms with Crippen molar-refractivity contribution in [2.45, 2.75) is 27.7 Å². The van der Waals surface area contributed by atoms with Crippen LogP contribution in [0.15, 0.2) is 24.3 Å². The van der Waals surface area contributed by atoms with Crippen molar-refractivity contribution in [3.63, 3.8) is 0 Å². The molecule has 0 fully saturated rings. The van der Waals surface area contributed by atoms with Crippen LogP contribution >= 0.6 is 0 Å². The Morgan fingerprint density at radius 3 is 1.84 bits per heavy atom. The predicted molar refractivity (Wildman–Crippen MR) is 104 cm³/mol. The zero-order valence-electron chi connectivity index (χ0n) is 15.8. The topological polar surface area (TPSA) is 54.1 Å². The lowest BCUT2D eigenvalue weighted by Gasteiger charge is -2.31. The van der Waals surface area contributed by atoms with Crippen molar-refractivity contribution in [3.8, 4) is 12.1 Å². The Bertz CT molecular complexity index is 884. The summed E-state index contributed by atoms with van der Waals surface area (Å²) in [5, 5.41) is 19.3. The number of anilines is 3. The highest BCUT2D eigenvalue weighted by molar-refractivity contribution is 5.87. The van der Waals surface area contributed by atoms with E-state index in [1.54, 1.807) is 12.1 Å². The second-order valence-electron chi connectivity index (χ2n) is 6.33. The van der Waals surface area contributed by atoms with E-state index in [1.165, 1.54) is 11.1 Å². The molecule has 0 amide bonds. The van der Waals surface area contributed by atoms with Crippen molar-refractivity contribution >= 4 is 17.1 Å². The molecule has 0 saturated carbocycles. The van der Waals surface area contributed by atoms with E-state index in [4.69, 9.17) is 0 Å². The van der Waals surface area contributed by atoms with Crippen LogP contribution in [0.4, 0.5) is 17.1 Å². The molecule has 0 spiro atoms. The number of hydrogen-bond donors (Lipinski definition) is 0. The molecule has 0 aliphatic carbocycles. The number of nitrogens with zero attached hydrogens (tertiary/aromatic N) is 4. The lowest BCUT2D eigenvalue weighted by Crippen LogP contribution is -2.23. The van der Waals surface area contributed by atoms with Crippen LogP contribution in [0.25, 0.3) is 0 Å². The van der Waals surface area contributed by atoms with Gasteiger partial charge in [0.2, 0.25) is 0 Å². The standard InChI is InChI=1S/C21H24N4/c1-7-24(5)20-17(12-22)10-11-18(13-23)21(20)25(6)19-15(3)9-8-14(2)16(19)4/h8-11H,7H2,1-6H3. The molecule has 0 aliphatic heterocycles. The van der Waals surface area contributed by atoms with Gasteiger partial charge in [0.25, 0.3) is 0 Å². The molecule has 2 aromatic rings. The number of nitriles is 2. The van der Waals surface area contributed by atoms with Crippen molar-refractivity contribution in [2.24, 2.45) is 0 Å². The first-order valence-electron chi connectivity index (χ1n) is 8.36. The number of aryl methyl sites for hydroxylation is 2. The summed E-state index contributed by atoms with van der Waals surface area (Å²) >= 11 is 0. The summed E-state index contributed by atoms with van der Waals surface area (Å²) in [5.41, 5.74) is 7.32. The fourth-order valence-corrected chi connectivity index (χ4v) is 3.21. The molecule has 25 heavy (non-hydrogen) atoms. The van der Waals surface area contributed by atoms with E-state index in [0.717, 1.165) is 29.2 Å². The first-order chi connectivity index (χ1) is 11.9. The minimum atomic E-state index is 0.567. The molecular formula is C21H24N4. The van der Waals surface area contributed by atoms with Crippen LogP contribution in [0.2, 0.25) is 0 Å². The molecule has 0 aliphatic rings. The molecule has 0 aromatic heterocycles. The highest BCUT2D eigenvalue weighted by Gasteiger charge is 2.22. The van der Waals surface area contributed by atoms with Gasteiger partial charge in [-0.05, 0) is 56.5 Å². The van der Waals surface area contributed by atoms with Gasteiger partial charge in [0.15, 0.2) is 0 Å². The Kier molecular flexibility index (Phi) is 5.35. The van der Waals surface area contributed by atoms with Gasteiger partial charge in [-0.15, -0.1) is 0 Å². The van der Waals surface area contributed by atoms with Gasteiger partial charge in [0, 0.05) is 26.3 Å². The van der Waals surface area contributed by atoms with Crippen molar-refractivity contribution in [2.75, 3.05) is 30.4 Å². The Balaban J connectivity index is 2.85. The molecule has 0 unspecified atom stereocenters. The fraction of sp³-hybridized carbons (Fsp3) is 0.333. The summed E-state index contributed by atoms with van der Waals surface area (Å²) in [6, 6.07) is 12.2. The smallest absolute Gasteiger partial charge is 0.101 e. The van der Waals surface area contributed by atoms with E-state index in [1.807, 2.05) is 25.9 Å². The zero-order chi connectivity index (χ0) is 18.7. The highest BCUT2D eigenvalue weighted by atomic mass is 15.2. The molecule has 4 nitrogen and oxygen atoms in total. The summed E-state index contributed by atoms with van der Waals surface area (Å²) in [5.74, 6) is 0. The van der Waals surface area contributed by atoms with Crippen LogP contribution in [0.3, 0.4) is 0 Å². The molecular weight excluding hydrogens is 308 g/mol. The SMILES string of the molecule is CCN(C)c1c(C#N)ccc(C#N)c1N(C)c1c(C)ccc(C)c1C. The fourth-order valence-electron chi connectivity index (χ4n) is 3.21. The van der Waals surface area contributed by atoms with Gasteiger partial charge < -0.3 is 9.80 Å². The van der Waals surface area contributed by atoms with Crippen molar-refractivity contribution in [1.29, 1.82) is 10.5 Å². The van der Waals surface area contributed by atoms with Crippen LogP contribution in [-0.4, -0.2) is 20.6 Å². The quantitative estimate of drug-likeness (QED) is 0.822. The summed E-state index contributed by atoms with van der Waals surface area (Å²) in [4.78, 5) is 4.07. The third kappa shape index (κ3) is 3.16. The first-order valence-corrected chi connectivity index (χ1v) is 8.36. The average Bonchev–Trinajstić information content (AvgIpc) is 2.62. The molecule has 0 radical (unpaired) electrons. The largest absolute Gasteiger partial charge is 0.372 e. The molecule has 0 N–H and O–H groups in total. The minimum absolute atomic E-state index is 0.567. The highest BCUT2D eigenvalue weighted by Crippen LogP contribution is 2.41. The molecule has 128 valence electrons. The van der Waals surface area contributed by atoms with Crippen LogP contribution < -0.4 is 9.80 Å². The molecule has 0 heterocycles. The maximum atomic E-state index is 9.67. The molecule has 0 bridgehead atoms. The second-order valence-corrected chi connectivity index (χ2v) is 6.33. The number of benzene rings is 2. The van der Waals surface area contributed by atoms with E-state index < -0.39 is 0 Å². The Morgan fingerprint density at radius 2 is 1.32 bits per heavy atom. The monoisotopic (exact) mass is 332 g/mol. The summed E-state index contributed by atoms with van der Waals surface area (Å²) in [6.07, 6.45) is 0. The molecule has 4 heteroatoms. The molecule has 2 rings (SSSR count). The van der Waals surface area contributed by atoms with Gasteiger partial charge in [-0.2, -0.15) is 10.5 Å². The summed E-state index contributed by atoms with van der Waals surface area (Å²) in [7, 11) is 3.92. The summed E-state index contributed by atoms with van der Waals surface area (Å²) in [6.45, 7) is 9.03. The van der Waals surface area contributed by atoms with Gasteiger partial charge in [-0.25, -0.2) is 0 Å². The Hall–Kier alpha value is -2.98. The molecule has 0 saturated heterocycles. The second kappa shape index (κ2) is 7.28. The van der Waals surface area contributed by atoms with Gasteiger partial charge in [0.1, 0.15) is 12.1 Å². The molecule has 0 atom stereocenters. The average molecular weight is 332 g/mol. The Morgan fingerprint density at radius 1 is 0.800 bits per heavy atom. The minimum Gasteiger partial charge on any atom is -0.372 e. The van der Waals surface area contributed by atoms with Crippen molar-refractivity contribution in [3.05, 3.63) is 52.1 Å². The summed E-state index contributed by atoms with van der Waals surface area (Å²) < 4.78 is 0. The van der Waals surface area contributed by atoms with Crippen LogP contribution in [0, 0.1) is 43.4 Å². The third-order valence-corrected chi connectivity index (χ3v) is 4.82. The third-order valence-electron chi connectivity index (χ3n) is 4.82. The Labute approximate surface area is 150 Å². The van der Waals surface area contributed by atoms with Crippen LogP contribution in [0.1, 0.15) is 34.7 Å². The zero-order valence-corrected chi connectivity index (χ0v) is 15.8. The lowest BCUT2D eigenvalue weighted by atomic mass is 10.00. The van der Waals surface area contributed by atoms with E-state index in [9.17, 15) is 10.5 Å². The predicted octanol–water partition coefficient (Wildman–Crippen LogP) is 4.58. The van der Waals surface area contributed by atoms with E-state index in [0.29, 0.717) is 11.1 Å². The first kappa shape index (κ1) is 18.4. The van der Waals surface area contributed by atoms with Crippen molar-refractivity contribution in [1.82, 2.24) is 0 Å². The maximum Gasteiger partial charge on any atom is 0.101 e. The van der Waals surface area contributed by atoms with Crippen molar-refractivity contribution < 1.29 is 0 Å². The van der Waals surface area contributed by atoms with Crippen LogP contribution in [0.5, 0.6) is 0 Å². The van der Waals surface area contributed by atoms with E-state index >= 15 is 0 Å². The van der Waals surface area contributed by atoms with Gasteiger partial charge in [-0.1, -0.05) is 12.1 Å². The maximum absolute atomic E-state index is 9.67. The van der Waals surface area contributed by atoms with Gasteiger partial charge in [0.05, 0.1) is 22.5 Å². The number of rotatable bonds is 4. The van der Waals surface area contributed by atoms with E-state index in [-0.39, 0.29) is 0 Å². The van der Waals surface area contributed by atoms with Gasteiger partial charge >= 0.3 is 0 Å². The van der Waals surface area contributed by atoms with Crippen LogP contribution in [-0.2, 0) is 0 Å². The molecule has 2 aromatic carbocycles. The van der Waals surface area contributed by atoms with E-state index in [2.05, 4.69) is 49.9 Å². The normalized spacial score (nSPS) is 10.1. The lowest BCUT2D eigenvalue weighted by molar-refractivity contribution is 0.958.